The van der Waals surface area contributed by atoms with E-state index in [1.807, 2.05) is 0 Å². The topological polar surface area (TPSA) is 66.9 Å². The summed E-state index contributed by atoms with van der Waals surface area (Å²) in [5.74, 6) is -2.45. The van der Waals surface area contributed by atoms with E-state index in [-0.39, 0.29) is 22.9 Å². The Morgan fingerprint density at radius 2 is 1.48 bits per heavy atom. The molecule has 8 heteroatoms. The second kappa shape index (κ2) is 7.00. The van der Waals surface area contributed by atoms with Crippen LogP contribution in [0.1, 0.15) is 10.4 Å². The number of benzene rings is 2. The highest BCUT2D eigenvalue weighted by Crippen LogP contribution is 2.22. The Kier molecular flexibility index (Phi) is 4.60. The van der Waals surface area contributed by atoms with E-state index < -0.39 is 23.4 Å². The van der Waals surface area contributed by atoms with Crippen molar-refractivity contribution in [3.05, 3.63) is 77.6 Å². The van der Waals surface area contributed by atoms with Crippen LogP contribution >= 0.6 is 0 Å². The molecular formula is C17H11F3N4O. The van der Waals surface area contributed by atoms with Gasteiger partial charge < -0.3 is 10.6 Å². The van der Waals surface area contributed by atoms with Gasteiger partial charge >= 0.3 is 0 Å². The van der Waals surface area contributed by atoms with Crippen LogP contribution in [0.5, 0.6) is 0 Å². The van der Waals surface area contributed by atoms with Gasteiger partial charge in [-0.1, -0.05) is 12.1 Å². The number of halogens is 3. The van der Waals surface area contributed by atoms with E-state index in [9.17, 15) is 18.0 Å². The first-order chi connectivity index (χ1) is 12.0. The van der Waals surface area contributed by atoms with Gasteiger partial charge in [-0.25, -0.2) is 13.2 Å². The number of hydrogen-bond acceptors (Lipinski definition) is 4. The maximum absolute atomic E-state index is 13.6. The third-order valence-corrected chi connectivity index (χ3v) is 3.21. The van der Waals surface area contributed by atoms with Crippen LogP contribution in [0.4, 0.5) is 30.5 Å². The lowest BCUT2D eigenvalue weighted by Crippen LogP contribution is -2.13. The molecule has 25 heavy (non-hydrogen) atoms. The Balaban J connectivity index is 1.71. The molecule has 1 aromatic heterocycles. The number of carbonyl (C=O) groups is 1. The Morgan fingerprint density at radius 3 is 2.12 bits per heavy atom. The molecule has 0 aliphatic rings. The van der Waals surface area contributed by atoms with Crippen LogP contribution in [0.15, 0.2) is 54.6 Å². The number of nitrogens with one attached hydrogen (secondary N) is 2. The number of hydrogen-bond donors (Lipinski definition) is 2. The molecule has 5 nitrogen and oxygen atoms in total. The van der Waals surface area contributed by atoms with Gasteiger partial charge in [0.25, 0.3) is 5.91 Å². The summed E-state index contributed by atoms with van der Waals surface area (Å²) >= 11 is 0. The van der Waals surface area contributed by atoms with Crippen molar-refractivity contribution in [1.82, 2.24) is 10.2 Å². The number of nitrogens with zero attached hydrogens (tertiary/aromatic N) is 2. The number of aromatic nitrogens is 2. The molecule has 3 aromatic rings. The van der Waals surface area contributed by atoms with E-state index in [0.29, 0.717) is 0 Å². The molecule has 0 spiro atoms. The predicted molar refractivity (Wildman–Crippen MR) is 86.0 cm³/mol. The van der Waals surface area contributed by atoms with Crippen LogP contribution < -0.4 is 10.6 Å². The van der Waals surface area contributed by atoms with E-state index >= 15 is 0 Å². The van der Waals surface area contributed by atoms with Crippen molar-refractivity contribution >= 4 is 23.2 Å². The van der Waals surface area contributed by atoms with Gasteiger partial charge in [0.05, 0.1) is 0 Å². The minimum absolute atomic E-state index is 0.0905. The van der Waals surface area contributed by atoms with Crippen LogP contribution in [-0.2, 0) is 0 Å². The van der Waals surface area contributed by atoms with E-state index in [1.54, 1.807) is 0 Å². The minimum Gasteiger partial charge on any atom is -0.334 e. The van der Waals surface area contributed by atoms with Gasteiger partial charge in [-0.2, -0.15) is 0 Å². The molecule has 0 fully saturated rings. The molecule has 126 valence electrons. The Bertz CT molecular complexity index is 896. The van der Waals surface area contributed by atoms with Crippen LogP contribution in [0.25, 0.3) is 0 Å². The summed E-state index contributed by atoms with van der Waals surface area (Å²) in [6.45, 7) is 0. The molecule has 0 radical (unpaired) electrons. The lowest BCUT2D eigenvalue weighted by Gasteiger charge is -2.08. The van der Waals surface area contributed by atoms with E-state index in [0.717, 1.165) is 18.2 Å². The number of carbonyl (C=O) groups excluding carboxylic acids is 1. The minimum atomic E-state index is -0.773. The molecule has 0 saturated carbocycles. The zero-order valence-electron chi connectivity index (χ0n) is 12.6. The maximum atomic E-state index is 13.6. The van der Waals surface area contributed by atoms with E-state index in [4.69, 9.17) is 0 Å². The lowest BCUT2D eigenvalue weighted by molar-refractivity contribution is 0.102. The van der Waals surface area contributed by atoms with Gasteiger partial charge in [-0.15, -0.1) is 10.2 Å². The molecule has 1 amide bonds. The third-order valence-electron chi connectivity index (χ3n) is 3.21. The highest BCUT2D eigenvalue weighted by Gasteiger charge is 2.11. The smallest absolute Gasteiger partial charge is 0.256 e. The number of rotatable bonds is 4. The molecule has 3 rings (SSSR count). The average Bonchev–Trinajstić information content (AvgIpc) is 2.60. The zero-order chi connectivity index (χ0) is 17.8. The highest BCUT2D eigenvalue weighted by molar-refractivity contribution is 6.03. The van der Waals surface area contributed by atoms with Crippen LogP contribution in [0.3, 0.4) is 0 Å². The molecule has 2 N–H and O–H groups in total. The van der Waals surface area contributed by atoms with Gasteiger partial charge in [0.2, 0.25) is 0 Å². The second-order valence-electron chi connectivity index (χ2n) is 4.99. The number of anilines is 3. The van der Waals surface area contributed by atoms with Gasteiger partial charge in [0.15, 0.2) is 11.6 Å². The third kappa shape index (κ3) is 3.92. The first-order valence-corrected chi connectivity index (χ1v) is 7.14. The van der Waals surface area contributed by atoms with Gasteiger partial charge in [-0.3, -0.25) is 4.79 Å². The molecule has 0 saturated heterocycles. The molecule has 0 bridgehead atoms. The summed E-state index contributed by atoms with van der Waals surface area (Å²) in [7, 11) is 0. The standard InChI is InChI=1S/C17H11F3N4O/c18-11-4-1-3-10(9-11)17(25)22-15-8-7-14(23-24-15)21-16-12(19)5-2-6-13(16)20/h1-9H,(H,21,23)(H,22,24,25). The molecule has 2 aromatic carbocycles. The van der Waals surface area contributed by atoms with Crippen molar-refractivity contribution in [1.29, 1.82) is 0 Å². The summed E-state index contributed by atoms with van der Waals surface area (Å²) in [5, 5.41) is 12.4. The molecular weight excluding hydrogens is 333 g/mol. The van der Waals surface area contributed by atoms with Crippen molar-refractivity contribution in [2.24, 2.45) is 0 Å². The van der Waals surface area contributed by atoms with Crippen molar-refractivity contribution in [3.63, 3.8) is 0 Å². The summed E-state index contributed by atoms with van der Waals surface area (Å²) in [5.41, 5.74) is -0.231. The quantitative estimate of drug-likeness (QED) is 0.753. The Hall–Kier alpha value is -3.42. The second-order valence-corrected chi connectivity index (χ2v) is 4.99. The van der Waals surface area contributed by atoms with E-state index in [2.05, 4.69) is 20.8 Å². The predicted octanol–water partition coefficient (Wildman–Crippen LogP) is 3.89. The Morgan fingerprint density at radius 1 is 0.840 bits per heavy atom. The molecule has 0 aliphatic carbocycles. The average molecular weight is 344 g/mol. The lowest BCUT2D eigenvalue weighted by atomic mass is 10.2. The van der Waals surface area contributed by atoms with Crippen LogP contribution in [0, 0.1) is 17.5 Å². The normalized spacial score (nSPS) is 10.4. The van der Waals surface area contributed by atoms with Gasteiger partial charge in [-0.05, 0) is 42.5 Å². The van der Waals surface area contributed by atoms with Crippen LogP contribution in [0.2, 0.25) is 0 Å². The fourth-order valence-electron chi connectivity index (χ4n) is 2.03. The van der Waals surface area contributed by atoms with Crippen molar-refractivity contribution in [2.45, 2.75) is 0 Å². The Labute approximate surface area is 140 Å². The first-order valence-electron chi connectivity index (χ1n) is 7.14. The zero-order valence-corrected chi connectivity index (χ0v) is 12.6. The fourth-order valence-corrected chi connectivity index (χ4v) is 2.03. The SMILES string of the molecule is O=C(Nc1ccc(Nc2c(F)cccc2F)nn1)c1cccc(F)c1. The summed E-state index contributed by atoms with van der Waals surface area (Å²) in [6.07, 6.45) is 0. The molecule has 1 heterocycles. The summed E-state index contributed by atoms with van der Waals surface area (Å²) in [6, 6.07) is 11.4. The van der Waals surface area contributed by atoms with E-state index in [1.165, 1.54) is 36.4 Å². The van der Waals surface area contributed by atoms with Crippen molar-refractivity contribution < 1.29 is 18.0 Å². The number of para-hydroxylation sites is 1. The van der Waals surface area contributed by atoms with Crippen molar-refractivity contribution in [2.75, 3.05) is 10.6 Å². The molecule has 0 aliphatic heterocycles. The van der Waals surface area contributed by atoms with Gasteiger partial charge in [0, 0.05) is 5.56 Å². The largest absolute Gasteiger partial charge is 0.334 e. The summed E-state index contributed by atoms with van der Waals surface area (Å²) in [4.78, 5) is 12.0. The van der Waals surface area contributed by atoms with Crippen LogP contribution in [-0.4, -0.2) is 16.1 Å². The number of amides is 1. The summed E-state index contributed by atoms with van der Waals surface area (Å²) < 4.78 is 40.3. The molecule has 0 unspecified atom stereocenters. The first kappa shape index (κ1) is 16.4. The molecule has 0 atom stereocenters. The van der Waals surface area contributed by atoms with Gasteiger partial charge in [0.1, 0.15) is 23.1 Å². The maximum Gasteiger partial charge on any atom is 0.256 e. The fraction of sp³-hybridized carbons (Fsp3) is 0. The monoisotopic (exact) mass is 344 g/mol. The van der Waals surface area contributed by atoms with Crippen molar-refractivity contribution in [3.8, 4) is 0 Å². The highest BCUT2D eigenvalue weighted by atomic mass is 19.1.